The Morgan fingerprint density at radius 2 is 1.75 bits per heavy atom. The maximum atomic E-state index is 12.6. The summed E-state index contributed by atoms with van der Waals surface area (Å²) >= 11 is 5.78. The largest absolute Gasteiger partial charge is 0.482 e. The third kappa shape index (κ3) is 7.48. The van der Waals surface area contributed by atoms with Crippen molar-refractivity contribution < 1.29 is 32.2 Å². The molecule has 0 fully saturated rings. The Kier molecular flexibility index (Phi) is 7.69. The van der Waals surface area contributed by atoms with Gasteiger partial charge in [0.1, 0.15) is 5.75 Å². The Morgan fingerprint density at radius 3 is 2.43 bits per heavy atom. The molecule has 0 aliphatic heterocycles. The van der Waals surface area contributed by atoms with Gasteiger partial charge in [0, 0.05) is 11.6 Å². The van der Waals surface area contributed by atoms with Gasteiger partial charge >= 0.3 is 12.1 Å². The molecule has 9 heteroatoms. The molecule has 1 N–H and O–H groups in total. The first-order chi connectivity index (χ1) is 13.2. The molecular weight excluding hydrogens is 399 g/mol. The summed E-state index contributed by atoms with van der Waals surface area (Å²) in [6.07, 6.45) is -3.93. The lowest BCUT2D eigenvalue weighted by Crippen LogP contribution is -2.31. The number of halogens is 4. The van der Waals surface area contributed by atoms with Crippen LogP contribution in [0.5, 0.6) is 5.75 Å². The van der Waals surface area contributed by atoms with Crippen molar-refractivity contribution in [2.24, 2.45) is 0 Å². The summed E-state index contributed by atoms with van der Waals surface area (Å²) in [6, 6.07) is 11.3. The van der Waals surface area contributed by atoms with E-state index >= 15 is 0 Å². The maximum absolute atomic E-state index is 12.6. The van der Waals surface area contributed by atoms with E-state index in [1.807, 2.05) is 12.1 Å². The summed E-state index contributed by atoms with van der Waals surface area (Å²) in [4.78, 5) is 23.2. The van der Waals surface area contributed by atoms with E-state index in [-0.39, 0.29) is 5.75 Å². The summed E-state index contributed by atoms with van der Waals surface area (Å²) in [7, 11) is 0. The second-order valence-electron chi connectivity index (χ2n) is 5.70. The van der Waals surface area contributed by atoms with Crippen LogP contribution in [0.25, 0.3) is 0 Å². The van der Waals surface area contributed by atoms with Crippen molar-refractivity contribution in [2.45, 2.75) is 12.6 Å². The van der Waals surface area contributed by atoms with Crippen LogP contribution in [-0.4, -0.2) is 31.6 Å². The Balaban J connectivity index is 1.66. The molecule has 2 aromatic rings. The predicted octanol–water partition coefficient (Wildman–Crippen LogP) is 3.64. The first-order valence-corrected chi connectivity index (χ1v) is 8.58. The topological polar surface area (TPSA) is 64.6 Å². The minimum atomic E-state index is -4.51. The quantitative estimate of drug-likeness (QED) is 0.669. The predicted molar refractivity (Wildman–Crippen MR) is 96.1 cm³/mol. The highest BCUT2D eigenvalue weighted by atomic mass is 35.5. The van der Waals surface area contributed by atoms with E-state index in [4.69, 9.17) is 21.1 Å². The average Bonchev–Trinajstić information content (AvgIpc) is 2.66. The third-order valence-electron chi connectivity index (χ3n) is 3.53. The number of hydrogen-bond acceptors (Lipinski definition) is 4. The van der Waals surface area contributed by atoms with Crippen molar-refractivity contribution in [3.63, 3.8) is 0 Å². The maximum Gasteiger partial charge on any atom is 0.416 e. The molecule has 0 aromatic heterocycles. The van der Waals surface area contributed by atoms with Crippen LogP contribution in [0.1, 0.15) is 11.1 Å². The van der Waals surface area contributed by atoms with E-state index in [2.05, 4.69) is 5.32 Å². The number of benzene rings is 2. The highest BCUT2D eigenvalue weighted by molar-refractivity contribution is 6.30. The molecule has 0 aliphatic rings. The fourth-order valence-electron chi connectivity index (χ4n) is 2.14. The van der Waals surface area contributed by atoms with Gasteiger partial charge < -0.3 is 14.8 Å². The fraction of sp³-hybridized carbons (Fsp3) is 0.263. The normalized spacial score (nSPS) is 11.0. The zero-order valence-electron chi connectivity index (χ0n) is 14.6. The zero-order chi connectivity index (χ0) is 20.6. The highest BCUT2D eigenvalue weighted by Crippen LogP contribution is 2.31. The Morgan fingerprint density at radius 1 is 1.04 bits per heavy atom. The Bertz CT molecular complexity index is 810. The minimum absolute atomic E-state index is 0.126. The first kappa shape index (κ1) is 21.6. The molecular formula is C19H17ClF3NO4. The van der Waals surface area contributed by atoms with Gasteiger partial charge in [-0.25, -0.2) is 4.79 Å². The van der Waals surface area contributed by atoms with E-state index in [0.29, 0.717) is 18.0 Å². The molecule has 0 bridgehead atoms. The van der Waals surface area contributed by atoms with Crippen LogP contribution in [-0.2, 0) is 26.9 Å². The van der Waals surface area contributed by atoms with E-state index < -0.39 is 36.8 Å². The molecule has 0 atom stereocenters. The van der Waals surface area contributed by atoms with Crippen molar-refractivity contribution in [1.82, 2.24) is 5.32 Å². The second-order valence-corrected chi connectivity index (χ2v) is 6.14. The molecule has 2 aromatic carbocycles. The minimum Gasteiger partial charge on any atom is -0.482 e. The van der Waals surface area contributed by atoms with E-state index in [0.717, 1.165) is 23.8 Å². The number of hydrogen-bond donors (Lipinski definition) is 1. The van der Waals surface area contributed by atoms with Crippen LogP contribution >= 0.6 is 11.6 Å². The lowest BCUT2D eigenvalue weighted by molar-refractivity contribution is -0.150. The van der Waals surface area contributed by atoms with Gasteiger partial charge in [0.05, 0.1) is 5.56 Å². The van der Waals surface area contributed by atoms with Crippen LogP contribution in [0.2, 0.25) is 5.02 Å². The van der Waals surface area contributed by atoms with Gasteiger partial charge in [-0.3, -0.25) is 4.79 Å². The number of esters is 1. The Labute approximate surface area is 164 Å². The SMILES string of the molecule is O=C(COC(=O)COc1cccc(C(F)(F)F)c1)NCCc1ccc(Cl)cc1. The summed E-state index contributed by atoms with van der Waals surface area (Å²) in [6.45, 7) is -0.774. The van der Waals surface area contributed by atoms with Crippen LogP contribution in [0, 0.1) is 0 Å². The summed E-state index contributed by atoms with van der Waals surface area (Å²) in [5.74, 6) is -1.49. The molecule has 0 heterocycles. The van der Waals surface area contributed by atoms with E-state index in [1.165, 1.54) is 6.07 Å². The number of ether oxygens (including phenoxy) is 2. The number of carbonyl (C=O) groups excluding carboxylic acids is 2. The molecule has 0 saturated carbocycles. The second kappa shape index (κ2) is 9.98. The van der Waals surface area contributed by atoms with Crippen molar-refractivity contribution in [2.75, 3.05) is 19.8 Å². The molecule has 0 unspecified atom stereocenters. The van der Waals surface area contributed by atoms with Crippen LogP contribution < -0.4 is 10.1 Å². The molecule has 0 radical (unpaired) electrons. The van der Waals surface area contributed by atoms with Gasteiger partial charge in [0.2, 0.25) is 0 Å². The van der Waals surface area contributed by atoms with Gasteiger partial charge in [0.15, 0.2) is 13.2 Å². The molecule has 5 nitrogen and oxygen atoms in total. The van der Waals surface area contributed by atoms with Crippen molar-refractivity contribution in [1.29, 1.82) is 0 Å². The number of rotatable bonds is 8. The van der Waals surface area contributed by atoms with Gasteiger partial charge in [-0.2, -0.15) is 13.2 Å². The summed E-state index contributed by atoms with van der Waals surface area (Å²) < 4.78 is 47.5. The summed E-state index contributed by atoms with van der Waals surface area (Å²) in [5, 5.41) is 3.20. The third-order valence-corrected chi connectivity index (χ3v) is 3.78. The highest BCUT2D eigenvalue weighted by Gasteiger charge is 2.30. The van der Waals surface area contributed by atoms with Gasteiger partial charge in [-0.05, 0) is 42.3 Å². The molecule has 28 heavy (non-hydrogen) atoms. The number of carbonyl (C=O) groups is 2. The summed E-state index contributed by atoms with van der Waals surface area (Å²) in [5.41, 5.74) is 0.0922. The lowest BCUT2D eigenvalue weighted by Gasteiger charge is -2.10. The van der Waals surface area contributed by atoms with Gasteiger partial charge in [-0.1, -0.05) is 29.8 Å². The number of alkyl halides is 3. The molecule has 0 aliphatic carbocycles. The first-order valence-electron chi connectivity index (χ1n) is 8.21. The molecule has 150 valence electrons. The van der Waals surface area contributed by atoms with Gasteiger partial charge in [-0.15, -0.1) is 0 Å². The standard InChI is InChI=1S/C19H17ClF3NO4/c20-15-6-4-13(5-7-15)8-9-24-17(25)11-28-18(26)12-27-16-3-1-2-14(10-16)19(21,22)23/h1-7,10H,8-9,11-12H2,(H,24,25). The van der Waals surface area contributed by atoms with Crippen molar-refractivity contribution in [3.8, 4) is 5.75 Å². The average molecular weight is 416 g/mol. The number of nitrogens with one attached hydrogen (secondary N) is 1. The molecule has 2 rings (SSSR count). The van der Waals surface area contributed by atoms with Crippen LogP contribution in [0.15, 0.2) is 48.5 Å². The van der Waals surface area contributed by atoms with Crippen molar-refractivity contribution >= 4 is 23.5 Å². The van der Waals surface area contributed by atoms with E-state index in [9.17, 15) is 22.8 Å². The van der Waals surface area contributed by atoms with Crippen LogP contribution in [0.4, 0.5) is 13.2 Å². The zero-order valence-corrected chi connectivity index (χ0v) is 15.3. The molecule has 1 amide bonds. The monoisotopic (exact) mass is 415 g/mol. The van der Waals surface area contributed by atoms with Crippen LogP contribution in [0.3, 0.4) is 0 Å². The van der Waals surface area contributed by atoms with Gasteiger partial charge in [0.25, 0.3) is 5.91 Å². The number of amides is 1. The smallest absolute Gasteiger partial charge is 0.416 e. The fourth-order valence-corrected chi connectivity index (χ4v) is 2.27. The van der Waals surface area contributed by atoms with Crippen molar-refractivity contribution in [3.05, 3.63) is 64.7 Å². The van der Waals surface area contributed by atoms with E-state index in [1.54, 1.807) is 12.1 Å². The molecule has 0 spiro atoms. The molecule has 0 saturated heterocycles. The Hall–Kier alpha value is -2.74. The lowest BCUT2D eigenvalue weighted by atomic mass is 10.1.